The fourth-order valence-electron chi connectivity index (χ4n) is 3.47. The number of primary amides is 1. The third kappa shape index (κ3) is 5.27. The predicted octanol–water partition coefficient (Wildman–Crippen LogP) is 3.16. The molecule has 160 valence electrons. The van der Waals surface area contributed by atoms with Crippen LogP contribution in [-0.4, -0.2) is 27.8 Å². The SMILES string of the molecule is CC(C(=O)N[C@@H](CC[S@](=O)c1ccccc1)C(N)=O)(c1ccccc1)c1ccccc1. The molecule has 0 saturated carbocycles. The van der Waals surface area contributed by atoms with Crippen LogP contribution in [0.1, 0.15) is 24.5 Å². The molecule has 0 fully saturated rings. The summed E-state index contributed by atoms with van der Waals surface area (Å²) < 4.78 is 12.5. The summed E-state index contributed by atoms with van der Waals surface area (Å²) in [6, 6.07) is 26.9. The molecule has 3 aromatic rings. The Labute approximate surface area is 185 Å². The van der Waals surface area contributed by atoms with Crippen LogP contribution in [0.5, 0.6) is 0 Å². The summed E-state index contributed by atoms with van der Waals surface area (Å²) in [4.78, 5) is 26.3. The maximum absolute atomic E-state index is 13.5. The van der Waals surface area contributed by atoms with Crippen LogP contribution in [0, 0.1) is 0 Å². The van der Waals surface area contributed by atoms with E-state index in [9.17, 15) is 13.8 Å². The first-order valence-electron chi connectivity index (χ1n) is 10.1. The van der Waals surface area contributed by atoms with Crippen LogP contribution in [0.15, 0.2) is 95.9 Å². The molecular weight excluding hydrogens is 408 g/mol. The normalized spacial score (nSPS) is 13.2. The molecule has 0 bridgehead atoms. The van der Waals surface area contributed by atoms with E-state index in [4.69, 9.17) is 5.73 Å². The summed E-state index contributed by atoms with van der Waals surface area (Å²) in [6.45, 7) is 1.83. The van der Waals surface area contributed by atoms with Gasteiger partial charge in [-0.1, -0.05) is 78.9 Å². The smallest absolute Gasteiger partial charge is 0.240 e. The summed E-state index contributed by atoms with van der Waals surface area (Å²) in [5.41, 5.74) is 6.16. The van der Waals surface area contributed by atoms with Gasteiger partial charge in [0.2, 0.25) is 11.8 Å². The first-order chi connectivity index (χ1) is 14.9. The van der Waals surface area contributed by atoms with E-state index in [0.29, 0.717) is 4.90 Å². The van der Waals surface area contributed by atoms with Crippen molar-refractivity contribution in [1.29, 1.82) is 0 Å². The second kappa shape index (κ2) is 10.2. The highest BCUT2D eigenvalue weighted by Gasteiger charge is 2.38. The highest BCUT2D eigenvalue weighted by Crippen LogP contribution is 2.32. The number of benzene rings is 3. The minimum atomic E-state index is -1.29. The van der Waals surface area contributed by atoms with E-state index in [1.807, 2.05) is 85.8 Å². The van der Waals surface area contributed by atoms with Crippen LogP contribution in [0.4, 0.5) is 0 Å². The van der Waals surface area contributed by atoms with Crippen LogP contribution < -0.4 is 11.1 Å². The molecule has 0 heterocycles. The van der Waals surface area contributed by atoms with Crippen molar-refractivity contribution in [1.82, 2.24) is 5.32 Å². The van der Waals surface area contributed by atoms with Gasteiger partial charge < -0.3 is 11.1 Å². The Morgan fingerprint density at radius 2 is 1.32 bits per heavy atom. The van der Waals surface area contributed by atoms with Gasteiger partial charge in [0, 0.05) is 10.6 Å². The van der Waals surface area contributed by atoms with Crippen molar-refractivity contribution >= 4 is 22.6 Å². The van der Waals surface area contributed by atoms with Gasteiger partial charge in [0.1, 0.15) is 6.04 Å². The van der Waals surface area contributed by atoms with E-state index >= 15 is 0 Å². The van der Waals surface area contributed by atoms with Crippen LogP contribution in [0.25, 0.3) is 0 Å². The van der Waals surface area contributed by atoms with E-state index in [-0.39, 0.29) is 18.1 Å². The highest BCUT2D eigenvalue weighted by atomic mass is 32.2. The van der Waals surface area contributed by atoms with Crippen LogP contribution in [0.2, 0.25) is 0 Å². The average Bonchev–Trinajstić information content (AvgIpc) is 2.82. The lowest BCUT2D eigenvalue weighted by molar-refractivity contribution is -0.129. The number of rotatable bonds is 9. The van der Waals surface area contributed by atoms with E-state index in [1.165, 1.54) is 0 Å². The van der Waals surface area contributed by atoms with E-state index < -0.39 is 28.2 Å². The van der Waals surface area contributed by atoms with Crippen molar-refractivity contribution in [2.24, 2.45) is 5.73 Å². The van der Waals surface area contributed by atoms with Gasteiger partial charge in [-0.15, -0.1) is 0 Å². The fraction of sp³-hybridized carbons (Fsp3) is 0.200. The number of amides is 2. The van der Waals surface area contributed by atoms with Crippen molar-refractivity contribution in [3.8, 4) is 0 Å². The topological polar surface area (TPSA) is 89.3 Å². The molecule has 3 aromatic carbocycles. The number of carbonyl (C=O) groups is 2. The Kier molecular flexibility index (Phi) is 7.36. The van der Waals surface area contributed by atoms with Crippen molar-refractivity contribution < 1.29 is 13.8 Å². The third-order valence-corrected chi connectivity index (χ3v) is 6.81. The molecule has 3 rings (SSSR count). The van der Waals surface area contributed by atoms with Crippen molar-refractivity contribution in [3.63, 3.8) is 0 Å². The quantitative estimate of drug-likeness (QED) is 0.542. The molecule has 2 amide bonds. The summed E-state index contributed by atoms with van der Waals surface area (Å²) in [5.74, 6) is -0.772. The molecular formula is C25H26N2O3S. The minimum Gasteiger partial charge on any atom is -0.368 e. The first kappa shape index (κ1) is 22.4. The lowest BCUT2D eigenvalue weighted by atomic mass is 9.75. The maximum Gasteiger partial charge on any atom is 0.240 e. The second-order valence-corrected chi connectivity index (χ2v) is 9.01. The number of nitrogens with two attached hydrogens (primary N) is 1. The van der Waals surface area contributed by atoms with Crippen LogP contribution in [-0.2, 0) is 25.8 Å². The molecule has 2 atom stereocenters. The lowest BCUT2D eigenvalue weighted by Gasteiger charge is -2.31. The van der Waals surface area contributed by atoms with Crippen LogP contribution >= 0.6 is 0 Å². The van der Waals surface area contributed by atoms with Gasteiger partial charge in [0.05, 0.1) is 16.2 Å². The van der Waals surface area contributed by atoms with Gasteiger partial charge in [-0.2, -0.15) is 0 Å². The zero-order valence-electron chi connectivity index (χ0n) is 17.4. The van der Waals surface area contributed by atoms with E-state index in [2.05, 4.69) is 5.32 Å². The predicted molar refractivity (Wildman–Crippen MR) is 123 cm³/mol. The van der Waals surface area contributed by atoms with Gasteiger partial charge in [-0.05, 0) is 36.6 Å². The maximum atomic E-state index is 13.5. The lowest BCUT2D eigenvalue weighted by Crippen LogP contribution is -2.52. The van der Waals surface area contributed by atoms with Gasteiger partial charge in [0.15, 0.2) is 0 Å². The molecule has 0 aliphatic carbocycles. The molecule has 6 heteroatoms. The number of nitrogens with one attached hydrogen (secondary N) is 1. The second-order valence-electron chi connectivity index (χ2n) is 7.44. The van der Waals surface area contributed by atoms with Gasteiger partial charge in [-0.3, -0.25) is 13.8 Å². The van der Waals surface area contributed by atoms with E-state index in [0.717, 1.165) is 11.1 Å². The molecule has 0 radical (unpaired) electrons. The van der Waals surface area contributed by atoms with Crippen molar-refractivity contribution in [2.75, 3.05) is 5.75 Å². The fourth-order valence-corrected chi connectivity index (χ4v) is 4.62. The molecule has 0 aliphatic heterocycles. The highest BCUT2D eigenvalue weighted by molar-refractivity contribution is 7.85. The zero-order chi connectivity index (χ0) is 22.3. The number of hydrogen-bond donors (Lipinski definition) is 2. The number of carbonyl (C=O) groups excluding carboxylic acids is 2. The van der Waals surface area contributed by atoms with Gasteiger partial charge in [-0.25, -0.2) is 0 Å². The van der Waals surface area contributed by atoms with Crippen molar-refractivity contribution in [2.45, 2.75) is 29.7 Å². The third-order valence-electron chi connectivity index (χ3n) is 5.40. The van der Waals surface area contributed by atoms with Gasteiger partial charge in [0.25, 0.3) is 0 Å². The summed E-state index contributed by atoms with van der Waals surface area (Å²) >= 11 is 0. The molecule has 0 aliphatic rings. The molecule has 31 heavy (non-hydrogen) atoms. The Hall–Kier alpha value is -3.25. The Bertz CT molecular complexity index is 1000. The van der Waals surface area contributed by atoms with E-state index in [1.54, 1.807) is 12.1 Å². The summed E-state index contributed by atoms with van der Waals surface area (Å²) in [5, 5.41) is 2.81. The molecule has 0 aromatic heterocycles. The monoisotopic (exact) mass is 434 g/mol. The molecule has 0 unspecified atom stereocenters. The summed E-state index contributed by atoms with van der Waals surface area (Å²) in [7, 11) is -1.29. The standard InChI is InChI=1S/C25H26N2O3S/c1-25(19-11-5-2-6-12-19,20-13-7-3-8-14-20)24(29)27-22(23(26)28)17-18-31(30)21-15-9-4-10-16-21/h2-16,22H,17-18H2,1H3,(H2,26,28)(H,27,29)/t22-,31-/m0/s1. The average molecular weight is 435 g/mol. The largest absolute Gasteiger partial charge is 0.368 e. The number of hydrogen-bond acceptors (Lipinski definition) is 3. The van der Waals surface area contributed by atoms with Crippen LogP contribution in [0.3, 0.4) is 0 Å². The molecule has 5 nitrogen and oxygen atoms in total. The Morgan fingerprint density at radius 1 is 0.871 bits per heavy atom. The molecule has 0 spiro atoms. The first-order valence-corrected chi connectivity index (χ1v) is 11.4. The Morgan fingerprint density at radius 3 is 1.77 bits per heavy atom. The molecule has 0 saturated heterocycles. The van der Waals surface area contributed by atoms with Crippen molar-refractivity contribution in [3.05, 3.63) is 102 Å². The summed E-state index contributed by atoms with van der Waals surface area (Å²) in [6.07, 6.45) is 0.183. The molecule has 3 N–H and O–H groups in total. The van der Waals surface area contributed by atoms with Gasteiger partial charge >= 0.3 is 0 Å². The minimum absolute atomic E-state index is 0.183. The zero-order valence-corrected chi connectivity index (χ0v) is 18.2. The Balaban J connectivity index is 1.82.